The van der Waals surface area contributed by atoms with Gasteiger partial charge in [0, 0.05) is 12.7 Å². The van der Waals surface area contributed by atoms with Gasteiger partial charge in [0.2, 0.25) is 0 Å². The van der Waals surface area contributed by atoms with E-state index in [0.29, 0.717) is 18.7 Å². The third-order valence-corrected chi connectivity index (χ3v) is 3.28. The predicted molar refractivity (Wildman–Crippen MR) is 78.4 cm³/mol. The molecule has 0 aliphatic carbocycles. The minimum absolute atomic E-state index is 0.211. The normalized spacial score (nSPS) is 10.5. The Labute approximate surface area is 113 Å². The maximum Gasteiger partial charge on any atom is 0.147 e. The van der Waals surface area contributed by atoms with E-state index < -0.39 is 0 Å². The molecule has 19 heavy (non-hydrogen) atoms. The van der Waals surface area contributed by atoms with Crippen molar-refractivity contribution >= 4 is 11.4 Å². The van der Waals surface area contributed by atoms with Crippen molar-refractivity contribution < 1.29 is 4.39 Å². The molecular formula is C16H19FN2. The molecule has 2 nitrogen and oxygen atoms in total. The highest BCUT2D eigenvalue weighted by Crippen LogP contribution is 2.29. The summed E-state index contributed by atoms with van der Waals surface area (Å²) in [5.74, 6) is -0.211. The van der Waals surface area contributed by atoms with E-state index in [4.69, 9.17) is 5.73 Å². The highest BCUT2D eigenvalue weighted by molar-refractivity contribution is 5.66. The Morgan fingerprint density at radius 2 is 1.84 bits per heavy atom. The van der Waals surface area contributed by atoms with Crippen molar-refractivity contribution in [2.24, 2.45) is 5.73 Å². The molecule has 0 saturated carbocycles. The second-order valence-corrected chi connectivity index (χ2v) is 4.67. The summed E-state index contributed by atoms with van der Waals surface area (Å²) in [6.45, 7) is 2.55. The molecule has 2 aromatic carbocycles. The van der Waals surface area contributed by atoms with E-state index in [1.807, 2.05) is 55.3 Å². The summed E-state index contributed by atoms with van der Waals surface area (Å²) < 4.78 is 14.2. The van der Waals surface area contributed by atoms with Crippen molar-refractivity contribution in [3.05, 3.63) is 59.4 Å². The molecule has 0 atom stereocenters. The molecule has 0 bridgehead atoms. The van der Waals surface area contributed by atoms with E-state index in [0.717, 1.165) is 16.8 Å². The summed E-state index contributed by atoms with van der Waals surface area (Å²) in [4.78, 5) is 1.87. The number of rotatable bonds is 4. The summed E-state index contributed by atoms with van der Waals surface area (Å²) in [5.41, 5.74) is 9.13. The minimum atomic E-state index is -0.211. The van der Waals surface area contributed by atoms with E-state index >= 15 is 0 Å². The Hall–Kier alpha value is -1.87. The van der Waals surface area contributed by atoms with Crippen LogP contribution < -0.4 is 10.6 Å². The number of para-hydroxylation sites is 1. The summed E-state index contributed by atoms with van der Waals surface area (Å²) >= 11 is 0. The number of nitrogens with zero attached hydrogens (tertiary/aromatic N) is 1. The number of halogens is 1. The first-order valence-electron chi connectivity index (χ1n) is 6.41. The molecule has 0 radical (unpaired) electrons. The highest BCUT2D eigenvalue weighted by atomic mass is 19.1. The molecule has 0 spiro atoms. The van der Waals surface area contributed by atoms with Crippen LogP contribution >= 0.6 is 0 Å². The van der Waals surface area contributed by atoms with E-state index in [1.165, 1.54) is 0 Å². The van der Waals surface area contributed by atoms with Crippen LogP contribution in [0.2, 0.25) is 0 Å². The molecule has 0 aliphatic rings. The molecule has 2 rings (SSSR count). The maximum atomic E-state index is 14.2. The second-order valence-electron chi connectivity index (χ2n) is 4.67. The first-order chi connectivity index (χ1) is 9.13. The Kier molecular flexibility index (Phi) is 4.17. The smallest absolute Gasteiger partial charge is 0.147 e. The molecular weight excluding hydrogens is 239 g/mol. The van der Waals surface area contributed by atoms with Crippen molar-refractivity contribution in [3.63, 3.8) is 0 Å². The van der Waals surface area contributed by atoms with E-state index in [2.05, 4.69) is 0 Å². The van der Waals surface area contributed by atoms with Gasteiger partial charge >= 0.3 is 0 Å². The van der Waals surface area contributed by atoms with Crippen LogP contribution in [-0.2, 0) is 6.42 Å². The molecule has 0 amide bonds. The van der Waals surface area contributed by atoms with Crippen LogP contribution in [0.4, 0.5) is 15.8 Å². The lowest BCUT2D eigenvalue weighted by Gasteiger charge is -2.22. The fraction of sp³-hybridized carbons (Fsp3) is 0.250. The van der Waals surface area contributed by atoms with Gasteiger partial charge in [-0.2, -0.15) is 0 Å². The van der Waals surface area contributed by atoms with Crippen LogP contribution in [0.25, 0.3) is 0 Å². The van der Waals surface area contributed by atoms with Gasteiger partial charge in [0.1, 0.15) is 5.82 Å². The topological polar surface area (TPSA) is 29.3 Å². The fourth-order valence-corrected chi connectivity index (χ4v) is 2.21. The Morgan fingerprint density at radius 1 is 1.11 bits per heavy atom. The summed E-state index contributed by atoms with van der Waals surface area (Å²) in [6.07, 6.45) is 0.700. The summed E-state index contributed by atoms with van der Waals surface area (Å²) in [6, 6.07) is 13.3. The predicted octanol–water partition coefficient (Wildman–Crippen LogP) is 3.40. The average Bonchev–Trinajstić information content (AvgIpc) is 2.39. The van der Waals surface area contributed by atoms with E-state index in [9.17, 15) is 4.39 Å². The summed E-state index contributed by atoms with van der Waals surface area (Å²) in [5, 5.41) is 0. The second kappa shape index (κ2) is 5.85. The van der Waals surface area contributed by atoms with Gasteiger partial charge in [-0.1, -0.05) is 24.3 Å². The van der Waals surface area contributed by atoms with Gasteiger partial charge < -0.3 is 10.6 Å². The molecule has 0 aliphatic heterocycles. The number of hydrogen-bond acceptors (Lipinski definition) is 2. The number of benzene rings is 2. The highest BCUT2D eigenvalue weighted by Gasteiger charge is 2.11. The van der Waals surface area contributed by atoms with Gasteiger partial charge in [0.25, 0.3) is 0 Å². The van der Waals surface area contributed by atoms with Crippen LogP contribution in [0.15, 0.2) is 42.5 Å². The molecule has 0 fully saturated rings. The first kappa shape index (κ1) is 13.6. The lowest BCUT2D eigenvalue weighted by Crippen LogP contribution is -2.13. The lowest BCUT2D eigenvalue weighted by atomic mass is 10.1. The van der Waals surface area contributed by atoms with Gasteiger partial charge in [-0.05, 0) is 49.2 Å². The molecule has 2 aromatic rings. The lowest BCUT2D eigenvalue weighted by molar-refractivity contribution is 0.625. The van der Waals surface area contributed by atoms with Gasteiger partial charge in [-0.15, -0.1) is 0 Å². The standard InChI is InChI=1S/C16H19FN2/c1-12-5-3-4-6-15(12)19(2)16-8-7-13(9-10-18)11-14(16)17/h3-8,11H,9-10,18H2,1-2H3. The third-order valence-electron chi connectivity index (χ3n) is 3.28. The van der Waals surface area contributed by atoms with Gasteiger partial charge in [0.05, 0.1) is 5.69 Å². The van der Waals surface area contributed by atoms with Crippen molar-refractivity contribution in [2.45, 2.75) is 13.3 Å². The van der Waals surface area contributed by atoms with Gasteiger partial charge in [-0.25, -0.2) is 4.39 Å². The van der Waals surface area contributed by atoms with Crippen molar-refractivity contribution in [2.75, 3.05) is 18.5 Å². The number of anilines is 2. The third kappa shape index (κ3) is 2.93. The number of nitrogens with two attached hydrogens (primary N) is 1. The summed E-state index contributed by atoms with van der Waals surface area (Å²) in [7, 11) is 1.88. The van der Waals surface area contributed by atoms with Crippen LogP contribution in [0.5, 0.6) is 0 Å². The Morgan fingerprint density at radius 3 is 2.47 bits per heavy atom. The molecule has 0 aromatic heterocycles. The van der Waals surface area contributed by atoms with Crippen LogP contribution in [0.3, 0.4) is 0 Å². The van der Waals surface area contributed by atoms with E-state index in [1.54, 1.807) is 6.07 Å². The van der Waals surface area contributed by atoms with Crippen molar-refractivity contribution in [1.82, 2.24) is 0 Å². The molecule has 100 valence electrons. The number of hydrogen-bond donors (Lipinski definition) is 1. The van der Waals surface area contributed by atoms with Crippen molar-refractivity contribution in [3.8, 4) is 0 Å². The van der Waals surface area contributed by atoms with Crippen LogP contribution in [0.1, 0.15) is 11.1 Å². The zero-order chi connectivity index (χ0) is 13.8. The zero-order valence-corrected chi connectivity index (χ0v) is 11.4. The van der Waals surface area contributed by atoms with Gasteiger partial charge in [0.15, 0.2) is 0 Å². The molecule has 2 N–H and O–H groups in total. The minimum Gasteiger partial charge on any atom is -0.342 e. The quantitative estimate of drug-likeness (QED) is 0.910. The Bertz CT molecular complexity index is 566. The van der Waals surface area contributed by atoms with Crippen molar-refractivity contribution in [1.29, 1.82) is 0 Å². The first-order valence-corrected chi connectivity index (χ1v) is 6.41. The average molecular weight is 258 g/mol. The van der Waals surface area contributed by atoms with Crippen LogP contribution in [0, 0.1) is 12.7 Å². The Balaban J connectivity index is 2.34. The zero-order valence-electron chi connectivity index (χ0n) is 11.4. The molecule has 0 unspecified atom stereocenters. The largest absolute Gasteiger partial charge is 0.342 e. The molecule has 3 heteroatoms. The molecule has 0 saturated heterocycles. The van der Waals surface area contributed by atoms with E-state index in [-0.39, 0.29) is 5.82 Å². The van der Waals surface area contributed by atoms with Crippen LogP contribution in [-0.4, -0.2) is 13.6 Å². The monoisotopic (exact) mass is 258 g/mol. The molecule has 0 heterocycles. The SMILES string of the molecule is Cc1ccccc1N(C)c1ccc(CCN)cc1F. The fourth-order valence-electron chi connectivity index (χ4n) is 2.21. The maximum absolute atomic E-state index is 14.2. The number of aryl methyl sites for hydroxylation is 1. The van der Waals surface area contributed by atoms with Gasteiger partial charge in [-0.3, -0.25) is 0 Å².